The van der Waals surface area contributed by atoms with E-state index >= 15 is 0 Å². The van der Waals surface area contributed by atoms with Crippen LogP contribution in [-0.2, 0) is 17.7 Å². The maximum absolute atomic E-state index is 12.1. The lowest BCUT2D eigenvalue weighted by molar-refractivity contribution is 0.0565. The number of hydrogen-bond donors (Lipinski definition) is 3. The average molecular weight is 292 g/mol. The van der Waals surface area contributed by atoms with Crippen LogP contribution in [0.25, 0.3) is 0 Å². The van der Waals surface area contributed by atoms with Crippen LogP contribution < -0.4 is 10.6 Å². The van der Waals surface area contributed by atoms with Crippen LogP contribution in [0.15, 0.2) is 0 Å². The topological polar surface area (TPSA) is 79.0 Å². The minimum atomic E-state index is -0.0860. The first-order valence-electron chi connectivity index (χ1n) is 8.01. The SMILES string of the molecule is O=C(NCCCOC1CCCC1)c1n[nH]c2c1CNCC2. The van der Waals surface area contributed by atoms with Crippen molar-refractivity contribution in [3.05, 3.63) is 17.0 Å². The Bertz CT molecular complexity index is 480. The summed E-state index contributed by atoms with van der Waals surface area (Å²) in [6, 6.07) is 0. The van der Waals surface area contributed by atoms with Gasteiger partial charge in [0, 0.05) is 43.9 Å². The fourth-order valence-electron chi connectivity index (χ4n) is 3.08. The van der Waals surface area contributed by atoms with Crippen LogP contribution in [-0.4, -0.2) is 41.9 Å². The van der Waals surface area contributed by atoms with Gasteiger partial charge >= 0.3 is 0 Å². The molecule has 0 saturated heterocycles. The van der Waals surface area contributed by atoms with E-state index in [0.717, 1.165) is 43.8 Å². The zero-order valence-corrected chi connectivity index (χ0v) is 12.4. The van der Waals surface area contributed by atoms with Crippen LogP contribution in [0, 0.1) is 0 Å². The van der Waals surface area contributed by atoms with Gasteiger partial charge in [-0.05, 0) is 19.3 Å². The summed E-state index contributed by atoms with van der Waals surface area (Å²) in [5, 5.41) is 13.3. The Balaban J connectivity index is 1.39. The summed E-state index contributed by atoms with van der Waals surface area (Å²) in [5.41, 5.74) is 2.64. The molecule has 0 bridgehead atoms. The summed E-state index contributed by atoms with van der Waals surface area (Å²) < 4.78 is 5.78. The molecule has 0 unspecified atom stereocenters. The molecule has 3 N–H and O–H groups in total. The van der Waals surface area contributed by atoms with E-state index in [1.807, 2.05) is 0 Å². The number of nitrogens with one attached hydrogen (secondary N) is 3. The molecule has 1 fully saturated rings. The molecular weight excluding hydrogens is 268 g/mol. The van der Waals surface area contributed by atoms with Gasteiger partial charge in [0.1, 0.15) is 0 Å². The normalized spacial score (nSPS) is 18.7. The number of carbonyl (C=O) groups excluding carboxylic acids is 1. The van der Waals surface area contributed by atoms with E-state index in [1.165, 1.54) is 25.7 Å². The van der Waals surface area contributed by atoms with Crippen molar-refractivity contribution in [1.82, 2.24) is 20.8 Å². The predicted molar refractivity (Wildman–Crippen MR) is 79.2 cm³/mol. The van der Waals surface area contributed by atoms with Crippen LogP contribution in [0.1, 0.15) is 53.8 Å². The Morgan fingerprint density at radius 1 is 1.38 bits per heavy atom. The van der Waals surface area contributed by atoms with Crippen LogP contribution in [0.5, 0.6) is 0 Å². The average Bonchev–Trinajstić information content (AvgIpc) is 3.16. The highest BCUT2D eigenvalue weighted by Gasteiger charge is 2.21. The number of amides is 1. The smallest absolute Gasteiger partial charge is 0.272 e. The lowest BCUT2D eigenvalue weighted by atomic mass is 10.1. The third kappa shape index (κ3) is 3.63. The number of hydrogen-bond acceptors (Lipinski definition) is 4. The summed E-state index contributed by atoms with van der Waals surface area (Å²) in [7, 11) is 0. The number of H-pyrrole nitrogens is 1. The summed E-state index contributed by atoms with van der Waals surface area (Å²) in [6.07, 6.45) is 7.18. The van der Waals surface area contributed by atoms with Gasteiger partial charge in [-0.2, -0.15) is 5.10 Å². The van der Waals surface area contributed by atoms with E-state index < -0.39 is 0 Å². The standard InChI is InChI=1S/C15H24N4O2/c20-15(14-12-10-16-8-6-13(12)18-19-14)17-7-3-9-21-11-4-1-2-5-11/h11,16H,1-10H2,(H,17,20)(H,18,19). The molecule has 1 aromatic heterocycles. The summed E-state index contributed by atoms with van der Waals surface area (Å²) >= 11 is 0. The summed E-state index contributed by atoms with van der Waals surface area (Å²) in [6.45, 7) is 3.03. The molecule has 3 rings (SSSR count). The molecule has 1 aliphatic heterocycles. The molecule has 21 heavy (non-hydrogen) atoms. The monoisotopic (exact) mass is 292 g/mol. The molecule has 1 aliphatic carbocycles. The molecule has 0 atom stereocenters. The molecule has 2 aliphatic rings. The summed E-state index contributed by atoms with van der Waals surface area (Å²) in [4.78, 5) is 12.1. The minimum absolute atomic E-state index is 0.0860. The zero-order chi connectivity index (χ0) is 14.5. The molecule has 0 spiro atoms. The van der Waals surface area contributed by atoms with Gasteiger partial charge in [-0.15, -0.1) is 0 Å². The molecule has 0 aromatic carbocycles. The van der Waals surface area contributed by atoms with Crippen LogP contribution in [0.2, 0.25) is 0 Å². The van der Waals surface area contributed by atoms with Crippen molar-refractivity contribution >= 4 is 5.91 Å². The van der Waals surface area contributed by atoms with E-state index in [4.69, 9.17) is 4.74 Å². The molecule has 116 valence electrons. The van der Waals surface area contributed by atoms with Gasteiger partial charge in [0.15, 0.2) is 5.69 Å². The van der Waals surface area contributed by atoms with Crippen molar-refractivity contribution in [1.29, 1.82) is 0 Å². The molecule has 0 radical (unpaired) electrons. The number of aromatic nitrogens is 2. The molecular formula is C15H24N4O2. The van der Waals surface area contributed by atoms with Crippen LogP contribution >= 0.6 is 0 Å². The third-order valence-corrected chi connectivity index (χ3v) is 4.28. The van der Waals surface area contributed by atoms with Crippen molar-refractivity contribution in [3.8, 4) is 0 Å². The highest BCUT2D eigenvalue weighted by molar-refractivity contribution is 5.94. The molecule has 6 nitrogen and oxygen atoms in total. The van der Waals surface area contributed by atoms with E-state index in [-0.39, 0.29) is 5.91 Å². The number of rotatable bonds is 6. The highest BCUT2D eigenvalue weighted by atomic mass is 16.5. The number of ether oxygens (including phenoxy) is 1. The lowest BCUT2D eigenvalue weighted by Crippen LogP contribution is -2.29. The number of fused-ring (bicyclic) bond motifs is 1. The second kappa shape index (κ2) is 7.04. The Hall–Kier alpha value is -1.40. The van der Waals surface area contributed by atoms with Crippen molar-refractivity contribution in [2.45, 2.75) is 51.2 Å². The van der Waals surface area contributed by atoms with Gasteiger partial charge in [0.2, 0.25) is 0 Å². The third-order valence-electron chi connectivity index (χ3n) is 4.28. The first-order chi connectivity index (χ1) is 10.3. The van der Waals surface area contributed by atoms with Crippen molar-refractivity contribution < 1.29 is 9.53 Å². The van der Waals surface area contributed by atoms with E-state index in [1.54, 1.807) is 0 Å². The lowest BCUT2D eigenvalue weighted by Gasteiger charge is -2.13. The fraction of sp³-hybridized carbons (Fsp3) is 0.733. The fourth-order valence-corrected chi connectivity index (χ4v) is 3.08. The van der Waals surface area contributed by atoms with Gasteiger partial charge in [-0.3, -0.25) is 9.89 Å². The second-order valence-corrected chi connectivity index (χ2v) is 5.84. The Morgan fingerprint density at radius 2 is 2.24 bits per heavy atom. The first kappa shape index (κ1) is 14.5. The maximum atomic E-state index is 12.1. The van der Waals surface area contributed by atoms with Crippen molar-refractivity contribution in [2.24, 2.45) is 0 Å². The van der Waals surface area contributed by atoms with Gasteiger partial charge < -0.3 is 15.4 Å². The maximum Gasteiger partial charge on any atom is 0.272 e. The van der Waals surface area contributed by atoms with Gasteiger partial charge in [-0.1, -0.05) is 12.8 Å². The number of carbonyl (C=O) groups is 1. The largest absolute Gasteiger partial charge is 0.378 e. The Kier molecular flexibility index (Phi) is 4.87. The van der Waals surface area contributed by atoms with E-state index in [2.05, 4.69) is 20.8 Å². The van der Waals surface area contributed by atoms with Crippen molar-refractivity contribution in [3.63, 3.8) is 0 Å². The molecule has 1 amide bonds. The summed E-state index contributed by atoms with van der Waals surface area (Å²) in [5.74, 6) is -0.0860. The minimum Gasteiger partial charge on any atom is -0.378 e. The van der Waals surface area contributed by atoms with E-state index in [0.29, 0.717) is 18.3 Å². The van der Waals surface area contributed by atoms with Gasteiger partial charge in [-0.25, -0.2) is 0 Å². The van der Waals surface area contributed by atoms with Gasteiger partial charge in [0.05, 0.1) is 6.10 Å². The Labute approximate surface area is 125 Å². The zero-order valence-electron chi connectivity index (χ0n) is 12.4. The first-order valence-corrected chi connectivity index (χ1v) is 8.01. The quantitative estimate of drug-likeness (QED) is 0.687. The van der Waals surface area contributed by atoms with Crippen LogP contribution in [0.3, 0.4) is 0 Å². The number of aromatic amines is 1. The molecule has 2 heterocycles. The molecule has 6 heteroatoms. The van der Waals surface area contributed by atoms with Gasteiger partial charge in [0.25, 0.3) is 5.91 Å². The molecule has 1 aromatic rings. The molecule has 1 saturated carbocycles. The van der Waals surface area contributed by atoms with Crippen molar-refractivity contribution in [2.75, 3.05) is 19.7 Å². The highest BCUT2D eigenvalue weighted by Crippen LogP contribution is 2.20. The Morgan fingerprint density at radius 3 is 3.10 bits per heavy atom. The number of nitrogens with zero attached hydrogens (tertiary/aromatic N) is 1. The van der Waals surface area contributed by atoms with Crippen LogP contribution in [0.4, 0.5) is 0 Å². The van der Waals surface area contributed by atoms with E-state index in [9.17, 15) is 4.79 Å². The predicted octanol–water partition coefficient (Wildman–Crippen LogP) is 1.13. The second-order valence-electron chi connectivity index (χ2n) is 5.84.